The van der Waals surface area contributed by atoms with E-state index in [0.29, 0.717) is 30.1 Å². The van der Waals surface area contributed by atoms with Gasteiger partial charge in [-0.1, -0.05) is 69.6 Å². The van der Waals surface area contributed by atoms with Gasteiger partial charge in [-0.25, -0.2) is 0 Å². The molecule has 12 nitrogen and oxygen atoms in total. The maximum Gasteiger partial charge on any atom is 1.00 e. The van der Waals surface area contributed by atoms with Crippen molar-refractivity contribution in [3.63, 3.8) is 0 Å². The van der Waals surface area contributed by atoms with Crippen molar-refractivity contribution in [1.82, 2.24) is 61.2 Å². The van der Waals surface area contributed by atoms with E-state index in [1.54, 1.807) is 0 Å². The van der Waals surface area contributed by atoms with Crippen LogP contribution in [-0.2, 0) is 102 Å². The summed E-state index contributed by atoms with van der Waals surface area (Å²) in [5.74, 6) is 0. The zero-order chi connectivity index (χ0) is 26.4. The minimum atomic E-state index is 0. The molecule has 0 saturated carbocycles. The van der Waals surface area contributed by atoms with Gasteiger partial charge in [0.2, 0.25) is 0 Å². The van der Waals surface area contributed by atoms with E-state index in [4.69, 9.17) is 69.6 Å². The van der Waals surface area contributed by atoms with Crippen LogP contribution in [0, 0.1) is 0 Å². The second-order valence-corrected chi connectivity index (χ2v) is 7.86. The monoisotopic (exact) mass is 984 g/mol. The van der Waals surface area contributed by atoms with Crippen molar-refractivity contribution in [3.8, 4) is 0 Å². The van der Waals surface area contributed by atoms with Gasteiger partial charge in [0.15, 0.2) is 0 Å². The van der Waals surface area contributed by atoms with Gasteiger partial charge in [-0.3, -0.25) is 0 Å². The van der Waals surface area contributed by atoms with Crippen molar-refractivity contribution >= 4 is 69.6 Å². The first kappa shape index (κ1) is 54.6. The molecule has 6 aromatic heterocycles. The van der Waals surface area contributed by atoms with Crippen LogP contribution in [0.25, 0.3) is 0 Å². The summed E-state index contributed by atoms with van der Waals surface area (Å²) in [7, 11) is 0. The fourth-order valence-corrected chi connectivity index (χ4v) is 1.79. The molecule has 0 unspecified atom stereocenters. The van der Waals surface area contributed by atoms with Crippen LogP contribution in [-0.4, -0.2) is 30.6 Å². The zero-order valence-electron chi connectivity index (χ0n) is 19.4. The second kappa shape index (κ2) is 37.3. The van der Waals surface area contributed by atoms with Crippen LogP contribution >= 0.6 is 69.6 Å². The molecule has 0 aromatic carbocycles. The average molecular weight is 990 g/mol. The quantitative estimate of drug-likeness (QED) is 0.201. The zero-order valence-corrected chi connectivity index (χ0v) is 29.6. The van der Waals surface area contributed by atoms with Crippen LogP contribution in [0.5, 0.6) is 0 Å². The largest absolute Gasteiger partial charge is 1.00 e. The van der Waals surface area contributed by atoms with Gasteiger partial charge in [0.25, 0.3) is 0 Å². The SMILES string of the molecule is Clc1cn[n-]c1.Clc1cn[n-]c1.Clc1cn[n-]c1.Clc1cn[n-]c1.Clc1cn[n-]c1.Clc1cn[n-]c1.[Cu+].[Cu+].[Cu+].[Cu+].[Cu+].[Cu+]. The Bertz CT molecular complexity index is 949. The molecule has 0 amide bonds. The summed E-state index contributed by atoms with van der Waals surface area (Å²) in [6, 6.07) is 0. The van der Waals surface area contributed by atoms with Crippen LogP contribution in [0.4, 0.5) is 0 Å². The summed E-state index contributed by atoms with van der Waals surface area (Å²) in [6.45, 7) is 0. The standard InChI is InChI=1S/6C3H2ClN2.6Cu/c6*4-3-1-5-6-2-3;;;;;;/h6*1-2H;;;;;;/q6*-1;6*+1. The molecule has 0 aliphatic carbocycles. The maximum atomic E-state index is 5.33. The van der Waals surface area contributed by atoms with Crippen LogP contribution in [0.3, 0.4) is 0 Å². The molecule has 0 radical (unpaired) electrons. The topological polar surface area (TPSA) is 162 Å². The maximum absolute atomic E-state index is 5.33. The van der Waals surface area contributed by atoms with Gasteiger partial charge in [-0.2, -0.15) is 0 Å². The first-order valence-corrected chi connectivity index (χ1v) is 11.2. The summed E-state index contributed by atoms with van der Waals surface area (Å²) in [6.07, 6.45) is 17.9. The molecule has 6 heterocycles. The Hall–Kier alpha value is 0.117. The van der Waals surface area contributed by atoms with E-state index in [1.807, 2.05) is 0 Å². The van der Waals surface area contributed by atoms with Gasteiger partial charge in [-0.05, 0) is 0 Å². The van der Waals surface area contributed by atoms with Crippen molar-refractivity contribution in [2.75, 3.05) is 0 Å². The molecule has 0 aliphatic rings. The van der Waals surface area contributed by atoms with Crippen LogP contribution < -0.4 is 30.6 Å². The molecule has 6 rings (SSSR count). The number of hydrogen-bond donors (Lipinski definition) is 0. The van der Waals surface area contributed by atoms with Crippen molar-refractivity contribution in [2.24, 2.45) is 0 Å². The van der Waals surface area contributed by atoms with E-state index in [0.717, 1.165) is 0 Å². The predicted octanol–water partition coefficient (Wildman–Crippen LogP) is 4.14. The second-order valence-electron chi connectivity index (χ2n) is 5.24. The summed E-state index contributed by atoms with van der Waals surface area (Å²) in [5, 5.41) is 44.8. The fourth-order valence-electron chi connectivity index (χ4n) is 1.26. The van der Waals surface area contributed by atoms with Gasteiger partial charge in [0.1, 0.15) is 0 Å². The van der Waals surface area contributed by atoms with Crippen LogP contribution in [0.2, 0.25) is 30.1 Å². The Morgan fingerprint density at radius 2 is 0.405 bits per heavy atom. The van der Waals surface area contributed by atoms with Gasteiger partial charge in [0, 0.05) is 67.3 Å². The number of hydrogen-bond acceptors (Lipinski definition) is 6. The Labute approximate surface area is 334 Å². The van der Waals surface area contributed by atoms with Crippen LogP contribution in [0.1, 0.15) is 0 Å². The number of nitrogens with zero attached hydrogens (tertiary/aromatic N) is 12. The molecular weight excluding hydrogens is 978 g/mol. The minimum absolute atomic E-state index is 0. The summed E-state index contributed by atoms with van der Waals surface area (Å²) >= 11 is 32.0. The molecule has 0 saturated heterocycles. The van der Waals surface area contributed by atoms with Gasteiger partial charge < -0.3 is 61.2 Å². The smallest absolute Gasteiger partial charge is 0.581 e. The number of halogens is 6. The van der Waals surface area contributed by atoms with Crippen molar-refractivity contribution < 1.29 is 102 Å². The summed E-state index contributed by atoms with van der Waals surface area (Å²) < 4.78 is 0. The van der Waals surface area contributed by atoms with Gasteiger partial charge >= 0.3 is 102 Å². The molecule has 252 valence electrons. The molecule has 0 N–H and O–H groups in total. The first-order valence-electron chi connectivity index (χ1n) is 8.90. The van der Waals surface area contributed by atoms with Gasteiger partial charge in [-0.15, -0.1) is 37.2 Å². The molecule has 0 fully saturated rings. The fraction of sp³-hybridized carbons (Fsp3) is 0. The molecule has 6 aromatic rings. The summed E-state index contributed by atoms with van der Waals surface area (Å²) in [4.78, 5) is 0. The normalized spacial score (nSPS) is 7.57. The Morgan fingerprint density at radius 1 is 0.286 bits per heavy atom. The Balaban J connectivity index is -0.0000000900. The molecule has 0 atom stereocenters. The molecule has 0 aliphatic heterocycles. The molecule has 42 heavy (non-hydrogen) atoms. The number of aromatic nitrogens is 12. The molecule has 0 bridgehead atoms. The van der Waals surface area contributed by atoms with E-state index in [2.05, 4.69) is 61.2 Å². The third-order valence-corrected chi connectivity index (χ3v) is 3.74. The van der Waals surface area contributed by atoms with Crippen LogP contribution in [0.15, 0.2) is 74.4 Å². The molecular formula is C18H12Cl6Cu6N12. The molecule has 24 heteroatoms. The predicted molar refractivity (Wildman–Crippen MR) is 135 cm³/mol. The molecule has 0 spiro atoms. The van der Waals surface area contributed by atoms with E-state index < -0.39 is 0 Å². The van der Waals surface area contributed by atoms with E-state index in [1.165, 1.54) is 74.4 Å². The Kier molecular flexibility index (Phi) is 48.5. The van der Waals surface area contributed by atoms with E-state index in [-0.39, 0.29) is 102 Å². The third kappa shape index (κ3) is 34.6. The first-order chi connectivity index (χ1) is 17.4. The van der Waals surface area contributed by atoms with Gasteiger partial charge in [0.05, 0.1) is 0 Å². The summed E-state index contributed by atoms with van der Waals surface area (Å²) in [5.41, 5.74) is 0. The van der Waals surface area contributed by atoms with Crippen molar-refractivity contribution in [1.29, 1.82) is 0 Å². The third-order valence-electron chi connectivity index (χ3n) is 2.57. The van der Waals surface area contributed by atoms with Crippen molar-refractivity contribution in [2.45, 2.75) is 0 Å². The van der Waals surface area contributed by atoms with Crippen molar-refractivity contribution in [3.05, 3.63) is 104 Å². The van der Waals surface area contributed by atoms with E-state index >= 15 is 0 Å². The minimum Gasteiger partial charge on any atom is -0.581 e. The number of rotatable bonds is 0. The Morgan fingerprint density at radius 3 is 0.429 bits per heavy atom. The van der Waals surface area contributed by atoms with E-state index in [9.17, 15) is 0 Å². The average Bonchev–Trinajstić information content (AvgIpc) is 3.67.